The predicted octanol–water partition coefficient (Wildman–Crippen LogP) is 6.81. The van der Waals surface area contributed by atoms with Crippen LogP contribution >= 0.6 is 11.3 Å². The number of urea groups is 1. The first-order valence-electron chi connectivity index (χ1n) is 11.0. The van der Waals surface area contributed by atoms with Gasteiger partial charge in [0.2, 0.25) is 0 Å². The molecule has 1 saturated heterocycles. The van der Waals surface area contributed by atoms with E-state index in [1.807, 2.05) is 62.5 Å². The molecule has 1 aliphatic rings. The molecule has 180 valence electrons. The van der Waals surface area contributed by atoms with E-state index in [1.54, 1.807) is 22.3 Å². The summed E-state index contributed by atoms with van der Waals surface area (Å²) in [6.07, 6.45) is -4.80. The topological polar surface area (TPSA) is 41.6 Å². The molecule has 2 aromatic carbocycles. The van der Waals surface area contributed by atoms with E-state index in [4.69, 9.17) is 4.74 Å². The van der Waals surface area contributed by atoms with Crippen molar-refractivity contribution in [2.45, 2.75) is 45.2 Å². The average Bonchev–Trinajstić information content (AvgIpc) is 3.25. The highest BCUT2D eigenvalue weighted by atomic mass is 32.1. The second kappa shape index (κ2) is 9.43. The fourth-order valence-corrected chi connectivity index (χ4v) is 4.60. The second-order valence-corrected chi connectivity index (χ2v) is 10.4. The molecule has 0 spiro atoms. The van der Waals surface area contributed by atoms with E-state index in [0.29, 0.717) is 18.7 Å². The molecule has 1 aromatic heterocycles. The Balaban J connectivity index is 1.49. The Bertz CT molecular complexity index is 1150. The Morgan fingerprint density at radius 1 is 1.06 bits per heavy atom. The van der Waals surface area contributed by atoms with Crippen molar-refractivity contribution in [2.75, 3.05) is 13.1 Å². The van der Waals surface area contributed by atoms with Gasteiger partial charge in [-0.15, -0.1) is 11.3 Å². The van der Waals surface area contributed by atoms with Gasteiger partial charge in [0.05, 0.1) is 31.4 Å². The van der Waals surface area contributed by atoms with Crippen molar-refractivity contribution in [3.8, 4) is 21.6 Å². The first-order chi connectivity index (χ1) is 16.0. The van der Waals surface area contributed by atoms with Crippen LogP contribution in [0.4, 0.5) is 18.0 Å². The molecule has 4 rings (SSSR count). The highest BCUT2D eigenvalue weighted by molar-refractivity contribution is 7.13. The number of alkyl halides is 3. The summed E-state index contributed by atoms with van der Waals surface area (Å²) in [5, 5.41) is 4.81. The Labute approximate surface area is 201 Å². The van der Waals surface area contributed by atoms with Crippen molar-refractivity contribution < 1.29 is 22.7 Å². The fourth-order valence-electron chi connectivity index (χ4n) is 3.83. The molecule has 1 fully saturated rings. The van der Waals surface area contributed by atoms with Gasteiger partial charge >= 0.3 is 12.2 Å². The third kappa shape index (κ3) is 5.62. The predicted molar refractivity (Wildman–Crippen MR) is 129 cm³/mol. The zero-order valence-corrected chi connectivity index (χ0v) is 20.1. The molecule has 3 aromatic rings. The first kappa shape index (κ1) is 24.3. The summed E-state index contributed by atoms with van der Waals surface area (Å²) >= 11 is 1.55. The van der Waals surface area contributed by atoms with Crippen LogP contribution in [0.3, 0.4) is 0 Å². The quantitative estimate of drug-likeness (QED) is 0.429. The molecule has 0 atom stereocenters. The van der Waals surface area contributed by atoms with Gasteiger partial charge in [-0.2, -0.15) is 13.2 Å². The number of likely N-dealkylation sites (tertiary alicyclic amines) is 1. The van der Waals surface area contributed by atoms with Gasteiger partial charge in [0.1, 0.15) is 0 Å². The normalized spacial score (nSPS) is 14.7. The van der Waals surface area contributed by atoms with Crippen LogP contribution in [-0.2, 0) is 17.5 Å². The number of nitrogens with one attached hydrogen (secondary N) is 1. The van der Waals surface area contributed by atoms with E-state index in [1.165, 1.54) is 12.1 Å². The van der Waals surface area contributed by atoms with Crippen molar-refractivity contribution in [1.82, 2.24) is 10.2 Å². The zero-order chi connectivity index (χ0) is 24.5. The van der Waals surface area contributed by atoms with E-state index < -0.39 is 11.7 Å². The molecule has 0 bridgehead atoms. The molecule has 2 heterocycles. The van der Waals surface area contributed by atoms with Crippen molar-refractivity contribution in [3.63, 3.8) is 0 Å². The molecular weight excluding hydrogens is 461 g/mol. The minimum absolute atomic E-state index is 0.0856. The van der Waals surface area contributed by atoms with E-state index in [2.05, 4.69) is 5.32 Å². The second-order valence-electron chi connectivity index (χ2n) is 9.41. The van der Waals surface area contributed by atoms with Crippen LogP contribution < -0.4 is 5.32 Å². The minimum atomic E-state index is -4.51. The lowest BCUT2D eigenvalue weighted by Crippen LogP contribution is -2.60. The molecule has 1 aliphatic heterocycles. The summed E-state index contributed by atoms with van der Waals surface area (Å²) in [5.74, 6) is 0. The van der Waals surface area contributed by atoms with Gasteiger partial charge < -0.3 is 15.0 Å². The van der Waals surface area contributed by atoms with E-state index in [9.17, 15) is 18.0 Å². The molecule has 1 N–H and O–H groups in total. The average molecular weight is 489 g/mol. The Morgan fingerprint density at radius 3 is 2.38 bits per heavy atom. The third-order valence-electron chi connectivity index (χ3n) is 5.53. The molecule has 0 unspecified atom stereocenters. The van der Waals surface area contributed by atoms with Gasteiger partial charge in [0, 0.05) is 10.4 Å². The number of ether oxygens (including phenoxy) is 1. The standard InChI is InChI=1S/C26H27F3N2O2S/c1-25(2,3)30-24(32)31-14-19(15-31)33-16-18-11-10-17(13-22(18)26(27,28)29)20-7-4-5-8-21(20)23-9-6-12-34-23/h4-13,19H,14-16H2,1-3H3,(H,30,32). The lowest BCUT2D eigenvalue weighted by molar-refractivity contribution is -0.139. The molecule has 2 amide bonds. The van der Waals surface area contributed by atoms with Crippen molar-refractivity contribution >= 4 is 17.4 Å². The zero-order valence-electron chi connectivity index (χ0n) is 19.3. The Morgan fingerprint density at radius 2 is 1.76 bits per heavy atom. The van der Waals surface area contributed by atoms with Crippen molar-refractivity contribution in [2.24, 2.45) is 0 Å². The number of halogens is 3. The number of carbonyl (C=O) groups is 1. The number of nitrogens with zero attached hydrogens (tertiary/aromatic N) is 1. The lowest BCUT2D eigenvalue weighted by Gasteiger charge is -2.40. The summed E-state index contributed by atoms with van der Waals surface area (Å²) < 4.78 is 47.6. The summed E-state index contributed by atoms with van der Waals surface area (Å²) in [6, 6.07) is 15.6. The maximum absolute atomic E-state index is 13.9. The summed E-state index contributed by atoms with van der Waals surface area (Å²) in [4.78, 5) is 14.7. The van der Waals surface area contributed by atoms with Crippen LogP contribution in [0.15, 0.2) is 60.0 Å². The lowest BCUT2D eigenvalue weighted by atomic mass is 9.95. The Hall–Kier alpha value is -2.84. The number of benzene rings is 2. The molecular formula is C26H27F3N2O2S. The fraction of sp³-hybridized carbons (Fsp3) is 0.346. The molecule has 0 radical (unpaired) electrons. The van der Waals surface area contributed by atoms with Crippen LogP contribution in [0.1, 0.15) is 31.9 Å². The van der Waals surface area contributed by atoms with Gasteiger partial charge in [0.25, 0.3) is 0 Å². The van der Waals surface area contributed by atoms with E-state index in [0.717, 1.165) is 16.0 Å². The molecule has 34 heavy (non-hydrogen) atoms. The summed E-state index contributed by atoms with van der Waals surface area (Å²) in [6.45, 7) is 6.21. The monoisotopic (exact) mass is 488 g/mol. The van der Waals surface area contributed by atoms with Gasteiger partial charge in [0.15, 0.2) is 0 Å². The van der Waals surface area contributed by atoms with Crippen molar-refractivity contribution in [1.29, 1.82) is 0 Å². The summed E-state index contributed by atoms with van der Waals surface area (Å²) in [7, 11) is 0. The smallest absolute Gasteiger partial charge is 0.370 e. The molecule has 0 aliphatic carbocycles. The largest absolute Gasteiger partial charge is 0.416 e. The number of hydrogen-bond donors (Lipinski definition) is 1. The number of thiophene rings is 1. The van der Waals surface area contributed by atoms with Crippen molar-refractivity contribution in [3.05, 3.63) is 71.1 Å². The number of carbonyl (C=O) groups excluding carboxylic acids is 1. The molecule has 0 saturated carbocycles. The van der Waals surface area contributed by atoms with Crippen LogP contribution in [-0.4, -0.2) is 35.7 Å². The van der Waals surface area contributed by atoms with Gasteiger partial charge in [-0.25, -0.2) is 4.79 Å². The summed E-state index contributed by atoms with van der Waals surface area (Å²) in [5.41, 5.74) is 1.19. The van der Waals surface area contributed by atoms with Gasteiger partial charge in [-0.05, 0) is 60.5 Å². The highest BCUT2D eigenvalue weighted by Gasteiger charge is 2.36. The maximum atomic E-state index is 13.9. The van der Waals surface area contributed by atoms with Gasteiger partial charge in [-0.1, -0.05) is 42.5 Å². The van der Waals surface area contributed by atoms with E-state index in [-0.39, 0.29) is 29.8 Å². The first-order valence-corrected chi connectivity index (χ1v) is 11.9. The van der Waals surface area contributed by atoms with Crippen LogP contribution in [0.25, 0.3) is 21.6 Å². The van der Waals surface area contributed by atoms with Crippen LogP contribution in [0.5, 0.6) is 0 Å². The third-order valence-corrected chi connectivity index (χ3v) is 6.43. The maximum Gasteiger partial charge on any atom is 0.416 e. The number of amides is 2. The van der Waals surface area contributed by atoms with Crippen LogP contribution in [0.2, 0.25) is 0 Å². The van der Waals surface area contributed by atoms with E-state index >= 15 is 0 Å². The highest BCUT2D eigenvalue weighted by Crippen LogP contribution is 2.39. The molecule has 8 heteroatoms. The number of rotatable bonds is 5. The molecule has 4 nitrogen and oxygen atoms in total. The van der Waals surface area contributed by atoms with Gasteiger partial charge in [-0.3, -0.25) is 0 Å². The Kier molecular flexibility index (Phi) is 6.73. The number of hydrogen-bond acceptors (Lipinski definition) is 3. The van der Waals surface area contributed by atoms with Crippen LogP contribution in [0, 0.1) is 0 Å². The SMILES string of the molecule is CC(C)(C)NC(=O)N1CC(OCc2ccc(-c3ccccc3-c3cccs3)cc2C(F)(F)F)C1. The minimum Gasteiger partial charge on any atom is -0.370 e.